The molecule has 0 rings (SSSR count). The third-order valence-corrected chi connectivity index (χ3v) is 9.65. The molecule has 0 spiro atoms. The molecule has 0 aliphatic rings. The predicted molar refractivity (Wildman–Crippen MR) is 203 cm³/mol. The Morgan fingerprint density at radius 2 is 0.872 bits per heavy atom. The van der Waals surface area contributed by atoms with E-state index < -0.39 is 0 Å². The lowest BCUT2D eigenvalue weighted by Gasteiger charge is -2.19. The lowest BCUT2D eigenvalue weighted by molar-refractivity contribution is -0.150. The Morgan fingerprint density at radius 3 is 1.45 bits per heavy atom. The van der Waals surface area contributed by atoms with Crippen LogP contribution >= 0.6 is 0 Å². The van der Waals surface area contributed by atoms with Crippen molar-refractivity contribution < 1.29 is 19.1 Å². The van der Waals surface area contributed by atoms with Gasteiger partial charge in [0.25, 0.3) is 0 Å². The Kier molecular flexibility index (Phi) is 36.8. The first-order valence-corrected chi connectivity index (χ1v) is 21.2. The number of hydrogen-bond donors (Lipinski definition) is 1. The van der Waals surface area contributed by atoms with Crippen molar-refractivity contribution in [2.75, 3.05) is 13.2 Å². The number of rotatable bonds is 38. The van der Waals surface area contributed by atoms with E-state index in [0.717, 1.165) is 64.3 Å². The van der Waals surface area contributed by atoms with Gasteiger partial charge >= 0.3 is 11.9 Å². The summed E-state index contributed by atoms with van der Waals surface area (Å²) in [5.74, 6) is -0.00179. The summed E-state index contributed by atoms with van der Waals surface area (Å²) in [4.78, 5) is 24.8. The highest BCUT2D eigenvalue weighted by Gasteiger charge is 2.14. The van der Waals surface area contributed by atoms with Crippen LogP contribution in [-0.4, -0.2) is 37.2 Å². The van der Waals surface area contributed by atoms with Gasteiger partial charge in [-0.1, -0.05) is 156 Å². The second-order valence-corrected chi connectivity index (χ2v) is 14.4. The minimum atomic E-state index is -0.0298. The third-order valence-electron chi connectivity index (χ3n) is 9.65. The first-order valence-electron chi connectivity index (χ1n) is 21.2. The normalized spacial score (nSPS) is 12.1. The standard InChI is InChI=1S/C42H83NO4/c1-5-9-13-16-20-25-33-40(34-26-21-17-14-10-6-2)47-42(45)35-27-22-18-23-28-37-43-39(31-24-19-15-11-7-3)32-30-36-41(44)46-38-29-12-8-4/h39-40,43H,5-38H2,1-4H3. The van der Waals surface area contributed by atoms with Crippen molar-refractivity contribution in [1.29, 1.82) is 0 Å². The fraction of sp³-hybridized carbons (Fsp3) is 0.952. The smallest absolute Gasteiger partial charge is 0.306 e. The number of unbranched alkanes of at least 4 members (excludes halogenated alkanes) is 20. The highest BCUT2D eigenvalue weighted by Crippen LogP contribution is 2.18. The third kappa shape index (κ3) is 34.6. The molecular weight excluding hydrogens is 582 g/mol. The van der Waals surface area contributed by atoms with E-state index in [4.69, 9.17) is 9.47 Å². The number of hydrogen-bond acceptors (Lipinski definition) is 5. The quantitative estimate of drug-likeness (QED) is 0.0525. The Balaban J connectivity index is 4.25. The maximum absolute atomic E-state index is 12.7. The molecule has 0 aromatic carbocycles. The van der Waals surface area contributed by atoms with Crippen LogP contribution in [0.5, 0.6) is 0 Å². The maximum Gasteiger partial charge on any atom is 0.306 e. The van der Waals surface area contributed by atoms with Gasteiger partial charge in [-0.05, 0) is 70.8 Å². The van der Waals surface area contributed by atoms with Crippen molar-refractivity contribution in [3.8, 4) is 0 Å². The molecule has 1 N–H and O–H groups in total. The molecule has 0 radical (unpaired) electrons. The Morgan fingerprint density at radius 1 is 0.447 bits per heavy atom. The summed E-state index contributed by atoms with van der Waals surface area (Å²) in [7, 11) is 0. The average molecular weight is 666 g/mol. The molecule has 1 atom stereocenters. The van der Waals surface area contributed by atoms with Crippen molar-refractivity contribution in [3.63, 3.8) is 0 Å². The van der Waals surface area contributed by atoms with Gasteiger partial charge in [-0.25, -0.2) is 0 Å². The van der Waals surface area contributed by atoms with Crippen LogP contribution in [0.15, 0.2) is 0 Å². The summed E-state index contributed by atoms with van der Waals surface area (Å²) in [5.41, 5.74) is 0. The van der Waals surface area contributed by atoms with Crippen molar-refractivity contribution in [2.45, 2.75) is 245 Å². The zero-order valence-electron chi connectivity index (χ0n) is 32.3. The van der Waals surface area contributed by atoms with Gasteiger partial charge in [-0.3, -0.25) is 9.59 Å². The minimum absolute atomic E-state index is 0.0280. The summed E-state index contributed by atoms with van der Waals surface area (Å²) in [6.45, 7) is 10.6. The van der Waals surface area contributed by atoms with E-state index in [-0.39, 0.29) is 18.0 Å². The van der Waals surface area contributed by atoms with Crippen LogP contribution < -0.4 is 5.32 Å². The summed E-state index contributed by atoms with van der Waals surface area (Å²) in [6, 6.07) is 0.500. The molecule has 0 saturated heterocycles. The topological polar surface area (TPSA) is 64.6 Å². The minimum Gasteiger partial charge on any atom is -0.466 e. The van der Waals surface area contributed by atoms with E-state index in [9.17, 15) is 9.59 Å². The molecule has 5 nitrogen and oxygen atoms in total. The SMILES string of the molecule is CCCCCCCCC(CCCCCCCC)OC(=O)CCCCCCCNC(CCCCCCC)CCCC(=O)OCCCCC. The van der Waals surface area contributed by atoms with Gasteiger partial charge in [0.1, 0.15) is 6.10 Å². The van der Waals surface area contributed by atoms with Crippen LogP contribution in [0.1, 0.15) is 233 Å². The predicted octanol–water partition coefficient (Wildman–Crippen LogP) is 13.0. The van der Waals surface area contributed by atoms with E-state index in [1.807, 2.05) is 0 Å². The van der Waals surface area contributed by atoms with Gasteiger partial charge in [0, 0.05) is 18.9 Å². The molecule has 0 aromatic heterocycles. The van der Waals surface area contributed by atoms with Crippen molar-refractivity contribution in [1.82, 2.24) is 5.32 Å². The molecule has 280 valence electrons. The van der Waals surface area contributed by atoms with E-state index in [1.165, 1.54) is 135 Å². The van der Waals surface area contributed by atoms with Crippen LogP contribution in [0.25, 0.3) is 0 Å². The zero-order valence-corrected chi connectivity index (χ0v) is 32.3. The van der Waals surface area contributed by atoms with Gasteiger partial charge in [0.05, 0.1) is 6.61 Å². The van der Waals surface area contributed by atoms with Crippen LogP contribution in [0.2, 0.25) is 0 Å². The lowest BCUT2D eigenvalue weighted by Crippen LogP contribution is -2.30. The van der Waals surface area contributed by atoms with Crippen LogP contribution in [0.4, 0.5) is 0 Å². The van der Waals surface area contributed by atoms with Gasteiger partial charge in [-0.2, -0.15) is 0 Å². The van der Waals surface area contributed by atoms with E-state index in [2.05, 4.69) is 33.0 Å². The van der Waals surface area contributed by atoms with E-state index >= 15 is 0 Å². The molecule has 0 aromatic rings. The van der Waals surface area contributed by atoms with Crippen LogP contribution in [0.3, 0.4) is 0 Å². The number of nitrogens with one attached hydrogen (secondary N) is 1. The molecule has 0 fully saturated rings. The number of esters is 2. The molecule has 5 heteroatoms. The molecule has 0 heterocycles. The second kappa shape index (κ2) is 37.7. The summed E-state index contributed by atoms with van der Waals surface area (Å²) in [5, 5.41) is 3.81. The van der Waals surface area contributed by atoms with Gasteiger partial charge in [0.15, 0.2) is 0 Å². The monoisotopic (exact) mass is 666 g/mol. The lowest BCUT2D eigenvalue weighted by atomic mass is 10.0. The maximum atomic E-state index is 12.7. The summed E-state index contributed by atoms with van der Waals surface area (Å²) >= 11 is 0. The van der Waals surface area contributed by atoms with Crippen LogP contribution in [-0.2, 0) is 19.1 Å². The van der Waals surface area contributed by atoms with Gasteiger partial charge < -0.3 is 14.8 Å². The molecule has 0 aliphatic heterocycles. The number of ether oxygens (including phenoxy) is 2. The number of carbonyl (C=O) groups is 2. The fourth-order valence-electron chi connectivity index (χ4n) is 6.49. The van der Waals surface area contributed by atoms with Crippen molar-refractivity contribution in [3.05, 3.63) is 0 Å². The van der Waals surface area contributed by atoms with Crippen molar-refractivity contribution >= 4 is 11.9 Å². The molecule has 47 heavy (non-hydrogen) atoms. The summed E-state index contributed by atoms with van der Waals surface area (Å²) in [6.07, 6.45) is 37.4. The van der Waals surface area contributed by atoms with E-state index in [0.29, 0.717) is 25.5 Å². The van der Waals surface area contributed by atoms with Crippen molar-refractivity contribution in [2.24, 2.45) is 0 Å². The Bertz CT molecular complexity index is 639. The zero-order chi connectivity index (χ0) is 34.5. The average Bonchev–Trinajstić information content (AvgIpc) is 3.06. The summed E-state index contributed by atoms with van der Waals surface area (Å²) < 4.78 is 11.4. The molecule has 0 bridgehead atoms. The molecular formula is C42H83NO4. The Hall–Kier alpha value is -1.10. The largest absolute Gasteiger partial charge is 0.466 e. The highest BCUT2D eigenvalue weighted by atomic mass is 16.5. The Labute approximate surface area is 294 Å². The molecule has 0 saturated carbocycles. The highest BCUT2D eigenvalue weighted by molar-refractivity contribution is 5.69. The first-order chi connectivity index (χ1) is 23.1. The molecule has 0 amide bonds. The number of carbonyl (C=O) groups excluding carboxylic acids is 2. The first kappa shape index (κ1) is 45.9. The van der Waals surface area contributed by atoms with Crippen LogP contribution in [0, 0.1) is 0 Å². The van der Waals surface area contributed by atoms with Gasteiger partial charge in [-0.15, -0.1) is 0 Å². The molecule has 1 unspecified atom stereocenters. The van der Waals surface area contributed by atoms with E-state index in [1.54, 1.807) is 0 Å². The second-order valence-electron chi connectivity index (χ2n) is 14.4. The fourth-order valence-corrected chi connectivity index (χ4v) is 6.49. The van der Waals surface area contributed by atoms with Gasteiger partial charge in [0.2, 0.25) is 0 Å². The molecule has 0 aliphatic carbocycles.